The van der Waals surface area contributed by atoms with E-state index in [9.17, 15) is 36.3 Å². The van der Waals surface area contributed by atoms with Gasteiger partial charge in [0.15, 0.2) is 0 Å². The van der Waals surface area contributed by atoms with Crippen LogP contribution in [-0.4, -0.2) is 57.8 Å². The highest BCUT2D eigenvalue weighted by Gasteiger charge is 2.35. The molecule has 0 radical (unpaired) electrons. The first-order valence-electron chi connectivity index (χ1n) is 12.3. The number of benzene rings is 2. The van der Waals surface area contributed by atoms with Gasteiger partial charge in [0.05, 0.1) is 39.9 Å². The van der Waals surface area contributed by atoms with E-state index in [1.807, 2.05) is 0 Å². The van der Waals surface area contributed by atoms with Crippen molar-refractivity contribution in [3.05, 3.63) is 58.3 Å². The van der Waals surface area contributed by atoms with Crippen LogP contribution in [0, 0.1) is 5.82 Å². The smallest absolute Gasteiger partial charge is 0.387 e. The zero-order valence-electron chi connectivity index (χ0n) is 21.9. The lowest BCUT2D eigenvalue weighted by Gasteiger charge is -2.34. The highest BCUT2D eigenvalue weighted by Crippen LogP contribution is 2.30. The Kier molecular flexibility index (Phi) is 7.36. The van der Waals surface area contributed by atoms with E-state index in [-0.39, 0.29) is 52.4 Å². The highest BCUT2D eigenvalue weighted by atomic mass is 32.2. The Morgan fingerprint density at radius 3 is 2.36 bits per heavy atom. The monoisotopic (exact) mass is 569 g/mol. The van der Waals surface area contributed by atoms with Crippen LogP contribution in [0.25, 0.3) is 16.7 Å². The SMILES string of the molecule is C[C@H](n1c(=O)n(-c2cc(OC(F)F)ccc2F)c2ccc(C(=O)NC3(C)CCS(=O)(=O)CC3)cc21)C(C)(C)O. The van der Waals surface area contributed by atoms with Crippen molar-refractivity contribution < 1.29 is 36.2 Å². The minimum atomic E-state index is -3.16. The third-order valence-electron chi connectivity index (χ3n) is 7.27. The first kappa shape index (κ1) is 28.7. The van der Waals surface area contributed by atoms with Crippen LogP contribution in [0.5, 0.6) is 5.75 Å². The molecule has 1 aliphatic heterocycles. The van der Waals surface area contributed by atoms with Crippen LogP contribution < -0.4 is 15.7 Å². The summed E-state index contributed by atoms with van der Waals surface area (Å²) >= 11 is 0. The molecule has 1 amide bonds. The summed E-state index contributed by atoms with van der Waals surface area (Å²) in [6, 6.07) is 6.30. The Morgan fingerprint density at radius 2 is 1.77 bits per heavy atom. The second-order valence-electron chi connectivity index (χ2n) is 10.7. The normalized spacial score (nSPS) is 17.8. The van der Waals surface area contributed by atoms with E-state index in [0.29, 0.717) is 0 Å². The van der Waals surface area contributed by atoms with E-state index in [4.69, 9.17) is 0 Å². The molecule has 2 aromatic carbocycles. The van der Waals surface area contributed by atoms with Gasteiger partial charge in [-0.05, 0) is 70.9 Å². The number of halogens is 3. The number of hydrogen-bond donors (Lipinski definition) is 2. The topological polar surface area (TPSA) is 120 Å². The number of imidazole rings is 1. The van der Waals surface area contributed by atoms with Crippen LogP contribution in [0.1, 0.15) is 56.9 Å². The fourth-order valence-corrected chi connectivity index (χ4v) is 6.31. The van der Waals surface area contributed by atoms with Crippen molar-refractivity contribution in [2.45, 2.75) is 64.3 Å². The van der Waals surface area contributed by atoms with E-state index in [1.54, 1.807) is 13.8 Å². The van der Waals surface area contributed by atoms with Crippen LogP contribution in [0.2, 0.25) is 0 Å². The summed E-state index contributed by atoms with van der Waals surface area (Å²) in [5.74, 6) is -1.83. The van der Waals surface area contributed by atoms with Gasteiger partial charge in [0.25, 0.3) is 5.91 Å². The Morgan fingerprint density at radius 1 is 1.13 bits per heavy atom. The van der Waals surface area contributed by atoms with Gasteiger partial charge in [-0.25, -0.2) is 17.6 Å². The van der Waals surface area contributed by atoms with Crippen molar-refractivity contribution in [1.29, 1.82) is 0 Å². The predicted octanol–water partition coefficient (Wildman–Crippen LogP) is 3.56. The zero-order valence-corrected chi connectivity index (χ0v) is 22.7. The van der Waals surface area contributed by atoms with Crippen LogP contribution in [0.3, 0.4) is 0 Å². The lowest BCUT2D eigenvalue weighted by molar-refractivity contribution is -0.0498. The molecular formula is C26H30F3N3O6S. The zero-order chi connectivity index (χ0) is 28.9. The van der Waals surface area contributed by atoms with Gasteiger partial charge in [0, 0.05) is 17.2 Å². The minimum Gasteiger partial charge on any atom is -0.435 e. The standard InChI is InChI=1S/C26H30F3N3O6S/c1-15(25(2,3)35)31-21-13-16(22(33)30-26(4)9-11-39(36,37)12-10-26)5-8-19(21)32(24(31)34)20-14-17(38-23(28)29)6-7-18(20)27/h5-8,13-15,23,35H,9-12H2,1-4H3,(H,30,33)/t15-/m0/s1. The summed E-state index contributed by atoms with van der Waals surface area (Å²) in [5, 5.41) is 13.6. The summed E-state index contributed by atoms with van der Waals surface area (Å²) in [5.41, 5.74) is -2.78. The number of aromatic nitrogens is 2. The number of nitrogens with one attached hydrogen (secondary N) is 1. The molecule has 0 spiro atoms. The first-order chi connectivity index (χ1) is 18.0. The molecule has 1 saturated heterocycles. The molecule has 1 atom stereocenters. The van der Waals surface area contributed by atoms with Gasteiger partial charge in [-0.2, -0.15) is 8.78 Å². The van der Waals surface area contributed by atoms with E-state index in [0.717, 1.165) is 22.8 Å². The number of carbonyl (C=O) groups excluding carboxylic acids is 1. The molecule has 9 nitrogen and oxygen atoms in total. The maximum absolute atomic E-state index is 14.9. The Bertz CT molecular complexity index is 1580. The lowest BCUT2D eigenvalue weighted by Crippen LogP contribution is -2.50. The number of ether oxygens (including phenoxy) is 1. The number of alkyl halides is 2. The van der Waals surface area contributed by atoms with E-state index in [1.165, 1.54) is 36.6 Å². The molecule has 2 N–H and O–H groups in total. The Hall–Kier alpha value is -3.32. The van der Waals surface area contributed by atoms with Gasteiger partial charge in [-0.15, -0.1) is 0 Å². The maximum atomic E-state index is 14.9. The molecule has 1 aliphatic rings. The average Bonchev–Trinajstić information content (AvgIpc) is 3.11. The van der Waals surface area contributed by atoms with Crippen LogP contribution >= 0.6 is 0 Å². The first-order valence-corrected chi connectivity index (χ1v) is 14.1. The third kappa shape index (κ3) is 5.83. The minimum absolute atomic E-state index is 0.0474. The number of carbonyl (C=O) groups is 1. The van der Waals surface area contributed by atoms with Gasteiger partial charge in [-0.3, -0.25) is 13.9 Å². The molecule has 2 heterocycles. The number of amides is 1. The highest BCUT2D eigenvalue weighted by molar-refractivity contribution is 7.91. The molecule has 212 valence electrons. The van der Waals surface area contributed by atoms with Gasteiger partial charge < -0.3 is 15.2 Å². The van der Waals surface area contributed by atoms with E-state index >= 15 is 0 Å². The third-order valence-corrected chi connectivity index (χ3v) is 8.93. The van der Waals surface area contributed by atoms with Crippen molar-refractivity contribution in [2.24, 2.45) is 0 Å². The molecule has 39 heavy (non-hydrogen) atoms. The Balaban J connectivity index is 1.85. The molecule has 3 aromatic rings. The van der Waals surface area contributed by atoms with Crippen LogP contribution in [-0.2, 0) is 9.84 Å². The number of sulfone groups is 1. The van der Waals surface area contributed by atoms with Gasteiger partial charge in [-0.1, -0.05) is 0 Å². The number of nitrogens with zero attached hydrogens (tertiary/aromatic N) is 2. The molecule has 0 saturated carbocycles. The second kappa shape index (κ2) is 10.0. The fraction of sp³-hybridized carbons (Fsp3) is 0.462. The lowest BCUT2D eigenvalue weighted by atomic mass is 9.94. The fourth-order valence-electron chi connectivity index (χ4n) is 4.58. The van der Waals surface area contributed by atoms with Crippen LogP contribution in [0.15, 0.2) is 41.2 Å². The number of rotatable bonds is 7. The molecule has 0 unspecified atom stereocenters. The molecule has 4 rings (SSSR count). The maximum Gasteiger partial charge on any atom is 0.387 e. The number of aliphatic hydroxyl groups is 1. The van der Waals surface area contributed by atoms with E-state index in [2.05, 4.69) is 10.1 Å². The molecule has 1 fully saturated rings. The predicted molar refractivity (Wildman–Crippen MR) is 139 cm³/mol. The molecule has 1 aromatic heterocycles. The van der Waals surface area contributed by atoms with Crippen molar-refractivity contribution in [3.8, 4) is 11.4 Å². The van der Waals surface area contributed by atoms with Crippen LogP contribution in [0.4, 0.5) is 13.2 Å². The van der Waals surface area contributed by atoms with Gasteiger partial charge in [0.2, 0.25) is 0 Å². The summed E-state index contributed by atoms with van der Waals surface area (Å²) in [6.45, 7) is 3.15. The summed E-state index contributed by atoms with van der Waals surface area (Å²) in [4.78, 5) is 26.9. The molecular weight excluding hydrogens is 539 g/mol. The second-order valence-corrected chi connectivity index (χ2v) is 13.0. The van der Waals surface area contributed by atoms with Crippen molar-refractivity contribution in [3.63, 3.8) is 0 Å². The van der Waals surface area contributed by atoms with Crippen molar-refractivity contribution in [2.75, 3.05) is 11.5 Å². The Labute approximate surface area is 223 Å². The van der Waals surface area contributed by atoms with Gasteiger partial charge in [0.1, 0.15) is 21.4 Å². The van der Waals surface area contributed by atoms with E-state index < -0.39 is 51.0 Å². The summed E-state index contributed by atoms with van der Waals surface area (Å²) in [7, 11) is -3.15. The number of fused-ring (bicyclic) bond motifs is 1. The largest absolute Gasteiger partial charge is 0.435 e. The van der Waals surface area contributed by atoms with Crippen molar-refractivity contribution >= 4 is 26.8 Å². The quantitative estimate of drug-likeness (QED) is 0.449. The average molecular weight is 570 g/mol. The molecule has 0 bridgehead atoms. The summed E-state index contributed by atoms with van der Waals surface area (Å²) in [6.07, 6.45) is 0.493. The summed E-state index contributed by atoms with van der Waals surface area (Å²) < 4.78 is 70.8. The molecule has 0 aliphatic carbocycles. The van der Waals surface area contributed by atoms with Crippen molar-refractivity contribution in [1.82, 2.24) is 14.5 Å². The van der Waals surface area contributed by atoms with Gasteiger partial charge >= 0.3 is 12.3 Å². The molecule has 13 heteroatoms. The number of hydrogen-bond acceptors (Lipinski definition) is 6.